The topological polar surface area (TPSA) is 13.1 Å². The lowest BCUT2D eigenvalue weighted by atomic mass is 9.68. The fourth-order valence-electron chi connectivity index (χ4n) is 14.9. The maximum absolute atomic E-state index is 2.48. The van der Waals surface area contributed by atoms with E-state index in [0.717, 1.165) is 17.1 Å². The van der Waals surface area contributed by atoms with Gasteiger partial charge in [-0.1, -0.05) is 232 Å². The molecule has 2 aromatic heterocycles. The number of hydrogen-bond donors (Lipinski definition) is 0. The molecule has 0 aliphatic heterocycles. The summed E-state index contributed by atoms with van der Waals surface area (Å²) in [6.45, 7) is 4.81. The average molecular weight is 1080 g/mol. The first-order valence-electron chi connectivity index (χ1n) is 29.6. The van der Waals surface area contributed by atoms with Gasteiger partial charge in [0.05, 0.1) is 27.5 Å². The smallest absolute Gasteiger partial charge is 0.0713 e. The van der Waals surface area contributed by atoms with Gasteiger partial charge in [0.15, 0.2) is 0 Å². The van der Waals surface area contributed by atoms with Crippen LogP contribution in [0, 0.1) is 0 Å². The van der Waals surface area contributed by atoms with Crippen molar-refractivity contribution in [2.45, 2.75) is 24.7 Å². The quantitative estimate of drug-likeness (QED) is 0.140. The first-order chi connectivity index (χ1) is 41.9. The molecule has 0 fully saturated rings. The second kappa shape index (κ2) is 18.9. The maximum Gasteiger partial charge on any atom is 0.0713 e. The Morgan fingerprint density at radius 2 is 0.682 bits per heavy atom. The maximum atomic E-state index is 2.48. The highest BCUT2D eigenvalue weighted by Crippen LogP contribution is 2.58. The lowest BCUT2D eigenvalue weighted by molar-refractivity contribution is 0.660. The van der Waals surface area contributed by atoms with Gasteiger partial charge in [0, 0.05) is 55.4 Å². The molecule has 3 heteroatoms. The summed E-state index contributed by atoms with van der Waals surface area (Å²) in [4.78, 5) is 2.48. The number of nitrogens with zero attached hydrogens (tertiary/aromatic N) is 3. The molecule has 2 aliphatic carbocycles. The van der Waals surface area contributed by atoms with Crippen molar-refractivity contribution < 1.29 is 0 Å². The van der Waals surface area contributed by atoms with Crippen molar-refractivity contribution >= 4 is 60.7 Å². The molecule has 0 radical (unpaired) electrons. The third-order valence-electron chi connectivity index (χ3n) is 18.8. The molecule has 0 saturated carbocycles. The SMILES string of the molecule is CC1(C)c2cc(N(c3ccc(-c4ccc(-c5ccc6c(c5)c5ccccc5n6-c5ccccc5)cc4)cc3)c3ccc4c(c3)-c3ccccc3C4(c3ccccc3)c3ccccc3)ccc2-c2ccc(-n3c4ccccc4c4ccccc43)cc21. The predicted octanol–water partition coefficient (Wildman–Crippen LogP) is 21.4. The van der Waals surface area contributed by atoms with Gasteiger partial charge in [0.2, 0.25) is 0 Å². The molecule has 0 N–H and O–H groups in total. The van der Waals surface area contributed by atoms with E-state index in [0.29, 0.717) is 0 Å². The lowest BCUT2D eigenvalue weighted by Crippen LogP contribution is -2.28. The third-order valence-corrected chi connectivity index (χ3v) is 18.8. The highest BCUT2D eigenvalue weighted by atomic mass is 15.1. The summed E-state index contributed by atoms with van der Waals surface area (Å²) in [6.07, 6.45) is 0. The van der Waals surface area contributed by atoms with Gasteiger partial charge in [-0.15, -0.1) is 0 Å². The summed E-state index contributed by atoms with van der Waals surface area (Å²) < 4.78 is 4.82. The Bertz CT molecular complexity index is 5030. The summed E-state index contributed by atoms with van der Waals surface area (Å²) in [6, 6.07) is 115. The van der Waals surface area contributed by atoms with E-state index in [2.05, 4.69) is 337 Å². The molecule has 2 aliphatic rings. The zero-order valence-corrected chi connectivity index (χ0v) is 47.3. The summed E-state index contributed by atoms with van der Waals surface area (Å²) in [7, 11) is 0. The van der Waals surface area contributed by atoms with E-state index in [9.17, 15) is 0 Å². The molecule has 0 amide bonds. The molecular formula is C82H57N3. The van der Waals surface area contributed by atoms with Crippen molar-refractivity contribution in [1.29, 1.82) is 0 Å². The fraction of sp³-hybridized carbons (Fsp3) is 0.0488. The van der Waals surface area contributed by atoms with Crippen molar-refractivity contribution in [1.82, 2.24) is 9.13 Å². The first-order valence-corrected chi connectivity index (χ1v) is 29.6. The second-order valence-corrected chi connectivity index (χ2v) is 23.6. The molecule has 2 heterocycles. The molecule has 17 rings (SSSR count). The van der Waals surface area contributed by atoms with Gasteiger partial charge in [-0.05, 0) is 169 Å². The number of benzene rings is 13. The lowest BCUT2D eigenvalue weighted by Gasteiger charge is -2.34. The van der Waals surface area contributed by atoms with Gasteiger partial charge in [-0.3, -0.25) is 0 Å². The monoisotopic (exact) mass is 1080 g/mol. The van der Waals surface area contributed by atoms with E-state index in [1.165, 1.54) is 133 Å². The van der Waals surface area contributed by atoms with Crippen LogP contribution in [0.4, 0.5) is 17.1 Å². The van der Waals surface area contributed by atoms with Crippen LogP contribution in [0.5, 0.6) is 0 Å². The van der Waals surface area contributed by atoms with Crippen LogP contribution in [-0.2, 0) is 10.8 Å². The Morgan fingerprint density at radius 1 is 0.259 bits per heavy atom. The van der Waals surface area contributed by atoms with E-state index in [-0.39, 0.29) is 5.41 Å². The van der Waals surface area contributed by atoms with Crippen LogP contribution in [0.15, 0.2) is 309 Å². The van der Waals surface area contributed by atoms with Crippen LogP contribution in [0.1, 0.15) is 47.2 Å². The minimum Gasteiger partial charge on any atom is -0.310 e. The molecule has 85 heavy (non-hydrogen) atoms. The van der Waals surface area contributed by atoms with Gasteiger partial charge in [0.1, 0.15) is 0 Å². The van der Waals surface area contributed by atoms with Gasteiger partial charge in [0.25, 0.3) is 0 Å². The number of anilines is 3. The standard InChI is InChI=1S/C82H57N3/c1-81(2)75-52-63(43-46-66(75)67-47-44-64(53-76(67)81)85-77-31-17-13-27-68(77)69-28-14-18-32-78(69)85)83(62-45-48-74-71(51-62)65-26-12-16-30-73(65)82(74,58-20-6-3-7-21-58)59-22-8-4-9-23-59)61-41-38-55(39-42-61)54-34-36-56(37-35-54)57-40-49-80-72(50-57)70-29-15-19-33-79(70)84(80)60-24-10-5-11-25-60/h3-53H,1-2H3. The van der Waals surface area contributed by atoms with Gasteiger partial charge in [-0.25, -0.2) is 0 Å². The van der Waals surface area contributed by atoms with Crippen LogP contribution >= 0.6 is 0 Å². The van der Waals surface area contributed by atoms with Gasteiger partial charge < -0.3 is 14.0 Å². The molecular weight excluding hydrogens is 1030 g/mol. The van der Waals surface area contributed by atoms with E-state index in [1.54, 1.807) is 0 Å². The van der Waals surface area contributed by atoms with Crippen LogP contribution in [0.25, 0.3) is 99.5 Å². The van der Waals surface area contributed by atoms with Crippen molar-refractivity contribution in [2.75, 3.05) is 4.90 Å². The Morgan fingerprint density at radius 3 is 1.32 bits per heavy atom. The molecule has 0 bridgehead atoms. The van der Waals surface area contributed by atoms with E-state index in [4.69, 9.17) is 0 Å². The Hall–Kier alpha value is -10.7. The normalized spacial score (nSPS) is 13.5. The number of rotatable bonds is 9. The molecule has 13 aromatic carbocycles. The number of hydrogen-bond acceptors (Lipinski definition) is 1. The summed E-state index contributed by atoms with van der Waals surface area (Å²) in [5.41, 5.74) is 27.3. The summed E-state index contributed by atoms with van der Waals surface area (Å²) in [5, 5.41) is 5.05. The van der Waals surface area contributed by atoms with E-state index >= 15 is 0 Å². The number of para-hydroxylation sites is 4. The van der Waals surface area contributed by atoms with Crippen molar-refractivity contribution in [3.05, 3.63) is 343 Å². The minimum atomic E-state index is -0.494. The highest BCUT2D eigenvalue weighted by Gasteiger charge is 2.46. The molecule has 0 atom stereocenters. The highest BCUT2D eigenvalue weighted by molar-refractivity contribution is 6.11. The third kappa shape index (κ3) is 7.33. The largest absolute Gasteiger partial charge is 0.310 e. The molecule has 0 unspecified atom stereocenters. The first kappa shape index (κ1) is 48.9. The molecule has 3 nitrogen and oxygen atoms in total. The number of aromatic nitrogens is 2. The van der Waals surface area contributed by atoms with E-state index < -0.39 is 5.41 Å². The van der Waals surface area contributed by atoms with Crippen molar-refractivity contribution in [3.63, 3.8) is 0 Å². The average Bonchev–Trinajstić information content (AvgIpc) is 1.99. The number of fused-ring (bicyclic) bond motifs is 12. The van der Waals surface area contributed by atoms with Crippen molar-refractivity contribution in [3.8, 4) is 55.9 Å². The van der Waals surface area contributed by atoms with Gasteiger partial charge in [-0.2, -0.15) is 0 Å². The van der Waals surface area contributed by atoms with Gasteiger partial charge >= 0.3 is 0 Å². The molecule has 15 aromatic rings. The zero-order chi connectivity index (χ0) is 56.4. The molecule has 0 saturated heterocycles. The molecule has 400 valence electrons. The van der Waals surface area contributed by atoms with Crippen LogP contribution in [-0.4, -0.2) is 9.13 Å². The Balaban J connectivity index is 0.776. The van der Waals surface area contributed by atoms with E-state index in [1.807, 2.05) is 0 Å². The molecule has 0 spiro atoms. The zero-order valence-electron chi connectivity index (χ0n) is 47.3. The predicted molar refractivity (Wildman–Crippen MR) is 356 cm³/mol. The summed E-state index contributed by atoms with van der Waals surface area (Å²) >= 11 is 0. The summed E-state index contributed by atoms with van der Waals surface area (Å²) in [5.74, 6) is 0. The van der Waals surface area contributed by atoms with Crippen LogP contribution in [0.2, 0.25) is 0 Å². The van der Waals surface area contributed by atoms with Crippen LogP contribution < -0.4 is 4.90 Å². The minimum absolute atomic E-state index is 0.286. The fourth-order valence-corrected chi connectivity index (χ4v) is 14.9. The van der Waals surface area contributed by atoms with Crippen LogP contribution in [0.3, 0.4) is 0 Å². The van der Waals surface area contributed by atoms with Crippen molar-refractivity contribution in [2.24, 2.45) is 0 Å². The Kier molecular flexibility index (Phi) is 10.9. The Labute approximate surface area is 495 Å². The second-order valence-electron chi connectivity index (χ2n) is 23.6.